The fourth-order valence-electron chi connectivity index (χ4n) is 4.95. The van der Waals surface area contributed by atoms with E-state index in [1.54, 1.807) is 32.2 Å². The van der Waals surface area contributed by atoms with Crippen LogP contribution in [0.2, 0.25) is 5.02 Å². The molecular weight excluding hydrogens is 586 g/mol. The maximum absolute atomic E-state index is 12.8. The smallest absolute Gasteiger partial charge is 0.338 e. The highest BCUT2D eigenvalue weighted by Gasteiger charge is 2.32. The summed E-state index contributed by atoms with van der Waals surface area (Å²) in [7, 11) is 0. The van der Waals surface area contributed by atoms with Crippen molar-refractivity contribution in [2.45, 2.75) is 26.4 Å². The monoisotopic (exact) mass is 615 g/mol. The second kappa shape index (κ2) is 13.5. The molecular formula is C32H30ClN5O4S. The molecule has 2 heterocycles. The Morgan fingerprint density at radius 3 is 2.72 bits per heavy atom. The lowest BCUT2D eigenvalue weighted by atomic mass is 9.95. The molecule has 5 rings (SSSR count). The number of amides is 1. The third-order valence-corrected chi connectivity index (χ3v) is 7.26. The average molecular weight is 616 g/mol. The molecule has 1 aromatic heterocycles. The summed E-state index contributed by atoms with van der Waals surface area (Å²) in [6.45, 7) is 4.08. The van der Waals surface area contributed by atoms with Crippen LogP contribution in [0.15, 0.2) is 95.4 Å². The van der Waals surface area contributed by atoms with E-state index in [1.807, 2.05) is 66.9 Å². The van der Waals surface area contributed by atoms with Gasteiger partial charge in [-0.05, 0) is 55.9 Å². The van der Waals surface area contributed by atoms with Crippen molar-refractivity contribution in [3.05, 3.63) is 112 Å². The third-order valence-electron chi connectivity index (χ3n) is 6.81. The first kappa shape index (κ1) is 29.8. The van der Waals surface area contributed by atoms with Gasteiger partial charge in [-0.3, -0.25) is 4.79 Å². The van der Waals surface area contributed by atoms with E-state index in [-0.39, 0.29) is 13.2 Å². The number of rotatable bonds is 10. The van der Waals surface area contributed by atoms with Gasteiger partial charge in [-0.2, -0.15) is 5.10 Å². The number of fused-ring (bicyclic) bond motifs is 1. The minimum atomic E-state index is -0.616. The molecule has 0 saturated carbocycles. The molecule has 43 heavy (non-hydrogen) atoms. The van der Waals surface area contributed by atoms with Crippen LogP contribution in [0.25, 0.3) is 10.9 Å². The number of ether oxygens (including phenoxy) is 2. The summed E-state index contributed by atoms with van der Waals surface area (Å²) in [5.74, 6) is -0.495. The van der Waals surface area contributed by atoms with E-state index in [1.165, 1.54) is 0 Å². The quantitative estimate of drug-likeness (QED) is 0.0971. The molecule has 0 saturated heterocycles. The second-order valence-corrected chi connectivity index (χ2v) is 10.6. The van der Waals surface area contributed by atoms with Gasteiger partial charge in [0.15, 0.2) is 11.7 Å². The number of aromatic nitrogens is 1. The van der Waals surface area contributed by atoms with Gasteiger partial charge in [0.2, 0.25) is 0 Å². The summed E-state index contributed by atoms with van der Waals surface area (Å²) in [6.07, 6.45) is 3.60. The van der Waals surface area contributed by atoms with Crippen molar-refractivity contribution in [1.82, 2.24) is 20.6 Å². The topological polar surface area (TPSA) is 106 Å². The maximum atomic E-state index is 12.8. The van der Waals surface area contributed by atoms with Crippen LogP contribution in [0.1, 0.15) is 36.6 Å². The number of nitrogens with zero attached hydrogens (tertiary/aromatic N) is 2. The molecule has 3 N–H and O–H groups in total. The van der Waals surface area contributed by atoms with Crippen molar-refractivity contribution < 1.29 is 19.1 Å². The van der Waals surface area contributed by atoms with E-state index in [0.29, 0.717) is 39.3 Å². The number of halogens is 1. The van der Waals surface area contributed by atoms with Gasteiger partial charge in [-0.15, -0.1) is 0 Å². The van der Waals surface area contributed by atoms with E-state index in [0.717, 1.165) is 22.0 Å². The van der Waals surface area contributed by atoms with Crippen LogP contribution >= 0.6 is 23.8 Å². The van der Waals surface area contributed by atoms with Crippen LogP contribution in [0.5, 0.6) is 5.75 Å². The molecule has 4 aromatic rings. The highest BCUT2D eigenvalue weighted by molar-refractivity contribution is 7.80. The third kappa shape index (κ3) is 7.04. The van der Waals surface area contributed by atoms with Crippen LogP contribution in [0, 0.1) is 0 Å². The average Bonchev–Trinajstić information content (AvgIpc) is 3.33. The Labute approximate surface area is 259 Å². The number of carbonyl (C=O) groups is 2. The van der Waals surface area contributed by atoms with E-state index in [9.17, 15) is 9.59 Å². The Morgan fingerprint density at radius 1 is 1.12 bits per heavy atom. The predicted molar refractivity (Wildman–Crippen MR) is 171 cm³/mol. The van der Waals surface area contributed by atoms with Gasteiger partial charge in [0.05, 0.1) is 24.4 Å². The molecule has 0 fully saturated rings. The number of allylic oxidation sites excluding steroid dienone is 1. The lowest BCUT2D eigenvalue weighted by Gasteiger charge is -2.30. The number of para-hydroxylation sites is 2. The van der Waals surface area contributed by atoms with E-state index < -0.39 is 17.9 Å². The van der Waals surface area contributed by atoms with Gasteiger partial charge in [0.1, 0.15) is 5.75 Å². The lowest BCUT2D eigenvalue weighted by molar-refractivity contribution is -0.139. The molecule has 1 aliphatic heterocycles. The molecule has 11 heteroatoms. The van der Waals surface area contributed by atoms with Crippen molar-refractivity contribution in [2.75, 3.05) is 13.2 Å². The molecule has 3 aromatic carbocycles. The van der Waals surface area contributed by atoms with E-state index in [2.05, 4.69) is 25.7 Å². The number of hydrazone groups is 1. The predicted octanol–water partition coefficient (Wildman–Crippen LogP) is 5.23. The highest BCUT2D eigenvalue weighted by atomic mass is 35.5. The second-order valence-electron chi connectivity index (χ2n) is 9.77. The highest BCUT2D eigenvalue weighted by Crippen LogP contribution is 2.33. The number of hydrogen-bond donors (Lipinski definition) is 3. The van der Waals surface area contributed by atoms with Crippen molar-refractivity contribution in [2.24, 2.45) is 5.10 Å². The van der Waals surface area contributed by atoms with Crippen LogP contribution in [0.3, 0.4) is 0 Å². The summed E-state index contributed by atoms with van der Waals surface area (Å²) in [5, 5.41) is 12.3. The number of thiocarbonyl (C=S) groups is 1. The first-order valence-corrected chi connectivity index (χ1v) is 14.4. The fraction of sp³-hybridized carbons (Fsp3) is 0.188. The number of carbonyl (C=O) groups excluding carboxylic acids is 2. The summed E-state index contributed by atoms with van der Waals surface area (Å²) in [6, 6.07) is 22.2. The normalized spacial score (nSPS) is 14.9. The molecule has 9 nitrogen and oxygen atoms in total. The zero-order valence-electron chi connectivity index (χ0n) is 23.6. The zero-order valence-corrected chi connectivity index (χ0v) is 25.2. The molecule has 0 unspecified atom stereocenters. The van der Waals surface area contributed by atoms with Crippen LogP contribution in [-0.2, 0) is 20.9 Å². The van der Waals surface area contributed by atoms with E-state index in [4.69, 9.17) is 33.3 Å². The van der Waals surface area contributed by atoms with Crippen LogP contribution < -0.4 is 20.8 Å². The molecule has 1 aliphatic rings. The van der Waals surface area contributed by atoms with Gasteiger partial charge in [0.25, 0.3) is 5.91 Å². The van der Waals surface area contributed by atoms with Crippen molar-refractivity contribution in [3.63, 3.8) is 0 Å². The van der Waals surface area contributed by atoms with Crippen LogP contribution in [0.4, 0.5) is 0 Å². The number of hydrogen-bond acceptors (Lipinski definition) is 6. The molecule has 0 spiro atoms. The molecule has 1 atom stereocenters. The zero-order chi connectivity index (χ0) is 30.3. The Balaban J connectivity index is 1.27. The minimum absolute atomic E-state index is 0.230. The summed E-state index contributed by atoms with van der Waals surface area (Å²) >= 11 is 11.5. The summed E-state index contributed by atoms with van der Waals surface area (Å²) in [4.78, 5) is 25.5. The Kier molecular flexibility index (Phi) is 9.38. The van der Waals surface area contributed by atoms with Gasteiger partial charge in [-0.1, -0.05) is 60.1 Å². The minimum Gasteiger partial charge on any atom is -0.483 e. The van der Waals surface area contributed by atoms with E-state index >= 15 is 0 Å². The summed E-state index contributed by atoms with van der Waals surface area (Å²) in [5.41, 5.74) is 7.11. The van der Waals surface area contributed by atoms with Gasteiger partial charge in [-0.25, -0.2) is 10.2 Å². The first-order valence-electron chi connectivity index (χ1n) is 13.7. The Morgan fingerprint density at radius 2 is 1.91 bits per heavy atom. The first-order chi connectivity index (χ1) is 20.8. The maximum Gasteiger partial charge on any atom is 0.338 e. The van der Waals surface area contributed by atoms with Crippen molar-refractivity contribution in [1.29, 1.82) is 0 Å². The Bertz CT molecular complexity index is 1750. The molecule has 220 valence electrons. The standard InChI is InChI=1S/C32H30ClN5O4S/c1-3-41-31(40)29-20(2)35-32(43)36-30(29)25-12-5-7-14-27(25)42-19-28(39)37-34-16-22-18-38(26-13-6-4-11-24(22)26)17-21-9-8-10-23(33)15-21/h4-16,18,30H,3,17,19H2,1-2H3,(H,37,39)(H2,35,36,43)/t30-/m1/s1. The largest absolute Gasteiger partial charge is 0.483 e. The summed E-state index contributed by atoms with van der Waals surface area (Å²) < 4.78 is 13.3. The fourth-order valence-corrected chi connectivity index (χ4v) is 5.43. The lowest BCUT2D eigenvalue weighted by Crippen LogP contribution is -2.45. The molecule has 0 radical (unpaired) electrons. The Hall–Kier alpha value is -4.67. The van der Waals surface area contributed by atoms with Crippen LogP contribution in [-0.4, -0.2) is 41.0 Å². The van der Waals surface area contributed by atoms with Crippen molar-refractivity contribution in [3.8, 4) is 5.75 Å². The SMILES string of the molecule is CCOC(=O)C1=C(C)NC(=S)N[C@@H]1c1ccccc1OCC(=O)NN=Cc1cn(Cc2cccc(Cl)c2)c2ccccc12. The molecule has 1 amide bonds. The molecule has 0 bridgehead atoms. The number of benzene rings is 3. The van der Waals surface area contributed by atoms with Crippen molar-refractivity contribution >= 4 is 57.9 Å². The van der Waals surface area contributed by atoms with Gasteiger partial charge < -0.3 is 24.7 Å². The number of nitrogens with one attached hydrogen (secondary N) is 3. The number of esters is 1. The van der Waals surface area contributed by atoms with Gasteiger partial charge in [0, 0.05) is 45.5 Å². The van der Waals surface area contributed by atoms with Gasteiger partial charge >= 0.3 is 5.97 Å². The molecule has 0 aliphatic carbocycles.